The summed E-state index contributed by atoms with van der Waals surface area (Å²) in [5.74, 6) is 0.836. The van der Waals surface area contributed by atoms with Gasteiger partial charge in [-0.3, -0.25) is 0 Å². The number of hydrogen-bond acceptors (Lipinski definition) is 1. The molecule has 0 amide bonds. The molecule has 1 rings (SSSR count). The molecule has 1 fully saturated rings. The van der Waals surface area contributed by atoms with Gasteiger partial charge in [-0.15, -0.1) is 0 Å². The van der Waals surface area contributed by atoms with Crippen molar-refractivity contribution in [3.8, 4) is 0 Å². The fourth-order valence-electron chi connectivity index (χ4n) is 0.888. The van der Waals surface area contributed by atoms with Crippen LogP contribution in [0.1, 0.15) is 12.8 Å². The van der Waals surface area contributed by atoms with E-state index in [0.717, 1.165) is 12.5 Å². The highest BCUT2D eigenvalue weighted by molar-refractivity contribution is 7.81. The highest BCUT2D eigenvalue weighted by Crippen LogP contribution is 2.30. The standard InChI is InChI=1S/C5H11NS.ClH/c6-3-4-1-2-5(4)7;/h4-5,7H,1-3,6H2;1H. The third-order valence-electron chi connectivity index (χ3n) is 1.75. The first kappa shape index (κ1) is 8.60. The Labute approximate surface area is 61.8 Å². The summed E-state index contributed by atoms with van der Waals surface area (Å²) in [6.07, 6.45) is 2.67. The molecular formula is C5H12ClNS. The number of rotatable bonds is 1. The second-order valence-electron chi connectivity index (χ2n) is 2.19. The van der Waals surface area contributed by atoms with Gasteiger partial charge in [0.1, 0.15) is 0 Å². The Morgan fingerprint density at radius 3 is 2.12 bits per heavy atom. The van der Waals surface area contributed by atoms with E-state index in [1.807, 2.05) is 0 Å². The van der Waals surface area contributed by atoms with Gasteiger partial charge in [-0.25, -0.2) is 0 Å². The van der Waals surface area contributed by atoms with Crippen LogP contribution in [0.2, 0.25) is 0 Å². The van der Waals surface area contributed by atoms with Crippen LogP contribution in [0, 0.1) is 5.92 Å². The van der Waals surface area contributed by atoms with E-state index in [1.54, 1.807) is 0 Å². The highest BCUT2D eigenvalue weighted by atomic mass is 35.5. The van der Waals surface area contributed by atoms with Gasteiger partial charge in [-0.1, -0.05) is 0 Å². The predicted octanol–water partition coefficient (Wildman–Crippen LogP) is -3.06. The molecule has 2 atom stereocenters. The number of hydrogen-bond donors (Lipinski definition) is 2. The minimum atomic E-state index is 0. The van der Waals surface area contributed by atoms with E-state index in [9.17, 15) is 0 Å². The maximum atomic E-state index is 4.32. The van der Waals surface area contributed by atoms with E-state index in [0.29, 0.717) is 5.25 Å². The zero-order valence-electron chi connectivity index (χ0n) is 4.81. The van der Waals surface area contributed by atoms with Gasteiger partial charge in [0.25, 0.3) is 0 Å². The molecule has 8 heavy (non-hydrogen) atoms. The molecule has 0 saturated heterocycles. The van der Waals surface area contributed by atoms with E-state index in [-0.39, 0.29) is 12.4 Å². The Morgan fingerprint density at radius 1 is 1.50 bits per heavy atom. The van der Waals surface area contributed by atoms with E-state index >= 15 is 0 Å². The first-order valence-electron chi connectivity index (χ1n) is 2.82. The van der Waals surface area contributed by atoms with Crippen molar-refractivity contribution >= 4 is 12.6 Å². The maximum Gasteiger partial charge on any atom is 0.0779 e. The molecule has 0 heterocycles. The Morgan fingerprint density at radius 2 is 2.12 bits per heavy atom. The molecule has 50 valence electrons. The molecule has 0 spiro atoms. The first-order valence-corrected chi connectivity index (χ1v) is 3.33. The molecule has 0 bridgehead atoms. The lowest BCUT2D eigenvalue weighted by Gasteiger charge is -2.29. The number of halogens is 1. The van der Waals surface area contributed by atoms with Crippen molar-refractivity contribution in [3.63, 3.8) is 0 Å². The van der Waals surface area contributed by atoms with Crippen LogP contribution >= 0.6 is 12.6 Å². The Balaban J connectivity index is 0.000000490. The van der Waals surface area contributed by atoms with Crippen LogP contribution in [0.15, 0.2) is 0 Å². The number of quaternary nitrogens is 1. The normalized spacial score (nSPS) is 35.2. The van der Waals surface area contributed by atoms with Crippen LogP contribution in [0.3, 0.4) is 0 Å². The zero-order chi connectivity index (χ0) is 5.28. The lowest BCUT2D eigenvalue weighted by molar-refractivity contribution is -0.382. The largest absolute Gasteiger partial charge is 1.00 e. The summed E-state index contributed by atoms with van der Waals surface area (Å²) in [5.41, 5.74) is 3.81. The van der Waals surface area contributed by atoms with E-state index in [1.165, 1.54) is 12.8 Å². The molecule has 1 aliphatic rings. The molecule has 3 N–H and O–H groups in total. The van der Waals surface area contributed by atoms with Crippen molar-refractivity contribution in [2.45, 2.75) is 18.1 Å². The molecule has 0 radical (unpaired) electrons. The maximum absolute atomic E-state index is 4.32. The van der Waals surface area contributed by atoms with Crippen LogP contribution in [-0.4, -0.2) is 11.8 Å². The monoisotopic (exact) mass is 153 g/mol. The molecule has 1 saturated carbocycles. The summed E-state index contributed by atoms with van der Waals surface area (Å²) >= 11 is 4.32. The minimum Gasteiger partial charge on any atom is -1.00 e. The average Bonchev–Trinajstić information content (AvgIpc) is 1.65. The summed E-state index contributed by atoms with van der Waals surface area (Å²) in [6, 6.07) is 0. The average molecular weight is 154 g/mol. The molecule has 2 unspecified atom stereocenters. The quantitative estimate of drug-likeness (QED) is 0.375. The second-order valence-corrected chi connectivity index (χ2v) is 2.86. The van der Waals surface area contributed by atoms with Gasteiger partial charge >= 0.3 is 0 Å². The minimum absolute atomic E-state index is 0. The number of thiol groups is 1. The molecule has 0 aromatic heterocycles. The van der Waals surface area contributed by atoms with Gasteiger partial charge in [-0.2, -0.15) is 12.6 Å². The Hall–Kier alpha value is 0.600. The van der Waals surface area contributed by atoms with Crippen LogP contribution in [-0.2, 0) is 0 Å². The smallest absolute Gasteiger partial charge is 0.0779 e. The van der Waals surface area contributed by atoms with Crippen molar-refractivity contribution in [3.05, 3.63) is 0 Å². The van der Waals surface area contributed by atoms with Crippen molar-refractivity contribution < 1.29 is 18.1 Å². The third-order valence-corrected chi connectivity index (χ3v) is 2.43. The first-order chi connectivity index (χ1) is 3.34. The molecule has 3 heteroatoms. The molecular weight excluding hydrogens is 142 g/mol. The molecule has 1 nitrogen and oxygen atoms in total. The Bertz CT molecular complexity index is 67.4. The van der Waals surface area contributed by atoms with Crippen molar-refractivity contribution in [1.29, 1.82) is 0 Å². The molecule has 1 aliphatic carbocycles. The predicted molar refractivity (Wildman–Crippen MR) is 33.3 cm³/mol. The van der Waals surface area contributed by atoms with Crippen LogP contribution in [0.25, 0.3) is 0 Å². The molecule has 0 aliphatic heterocycles. The Kier molecular flexibility index (Phi) is 3.86. The molecule has 0 aromatic carbocycles. The summed E-state index contributed by atoms with van der Waals surface area (Å²) in [4.78, 5) is 0. The lowest BCUT2D eigenvalue weighted by Crippen LogP contribution is -3.00. The van der Waals surface area contributed by atoms with Crippen molar-refractivity contribution in [2.24, 2.45) is 5.92 Å². The van der Waals surface area contributed by atoms with Crippen LogP contribution < -0.4 is 18.1 Å². The second kappa shape index (κ2) is 3.59. The summed E-state index contributed by atoms with van der Waals surface area (Å²) in [6.45, 7) is 1.08. The van der Waals surface area contributed by atoms with Crippen LogP contribution in [0.4, 0.5) is 0 Å². The summed E-state index contributed by atoms with van der Waals surface area (Å²) in [7, 11) is 0. The van der Waals surface area contributed by atoms with Crippen molar-refractivity contribution in [1.82, 2.24) is 0 Å². The fraction of sp³-hybridized carbons (Fsp3) is 1.00. The highest BCUT2D eigenvalue weighted by Gasteiger charge is 2.27. The zero-order valence-corrected chi connectivity index (χ0v) is 6.46. The van der Waals surface area contributed by atoms with Crippen molar-refractivity contribution in [2.75, 3.05) is 6.54 Å². The van der Waals surface area contributed by atoms with Gasteiger partial charge in [-0.05, 0) is 12.8 Å². The van der Waals surface area contributed by atoms with Gasteiger partial charge in [0.2, 0.25) is 0 Å². The van der Waals surface area contributed by atoms with Gasteiger partial charge in [0.15, 0.2) is 0 Å². The third kappa shape index (κ3) is 1.54. The van der Waals surface area contributed by atoms with E-state index < -0.39 is 0 Å². The summed E-state index contributed by atoms with van der Waals surface area (Å²) in [5, 5.41) is 0.678. The van der Waals surface area contributed by atoms with Gasteiger partial charge in [0.05, 0.1) is 6.54 Å². The topological polar surface area (TPSA) is 27.6 Å². The van der Waals surface area contributed by atoms with Gasteiger partial charge in [0, 0.05) is 11.2 Å². The van der Waals surface area contributed by atoms with E-state index in [4.69, 9.17) is 0 Å². The molecule has 0 aromatic rings. The SMILES string of the molecule is [Cl-].[NH3+]CC1CCC1S. The van der Waals surface area contributed by atoms with Gasteiger partial charge < -0.3 is 18.1 Å². The fourth-order valence-corrected chi connectivity index (χ4v) is 1.34. The summed E-state index contributed by atoms with van der Waals surface area (Å²) < 4.78 is 0. The van der Waals surface area contributed by atoms with E-state index in [2.05, 4.69) is 18.4 Å². The van der Waals surface area contributed by atoms with Crippen LogP contribution in [0.5, 0.6) is 0 Å². The lowest BCUT2D eigenvalue weighted by atomic mass is 9.85.